The number of fused-ring (bicyclic) bond motifs is 1. The normalized spacial score (nSPS) is 22.8. The van der Waals surface area contributed by atoms with Crippen LogP contribution in [0.3, 0.4) is 0 Å². The van der Waals surface area contributed by atoms with Crippen molar-refractivity contribution in [1.29, 1.82) is 0 Å². The minimum absolute atomic E-state index is 0.160. The zero-order valence-electron chi connectivity index (χ0n) is 21.4. The third kappa shape index (κ3) is 5.24. The number of nitrogens with two attached hydrogens (primary N) is 2. The number of hydrogen-bond donors (Lipinski definition) is 5. The molecule has 2 aliphatic rings. The van der Waals surface area contributed by atoms with Gasteiger partial charge in [0.15, 0.2) is 5.69 Å². The third-order valence-electron chi connectivity index (χ3n) is 8.04. The Hall–Kier alpha value is -3.12. The highest BCUT2D eigenvalue weighted by molar-refractivity contribution is 5.99. The van der Waals surface area contributed by atoms with Crippen molar-refractivity contribution in [1.82, 2.24) is 9.78 Å². The summed E-state index contributed by atoms with van der Waals surface area (Å²) in [4.78, 5) is 23.8. The van der Waals surface area contributed by atoms with Gasteiger partial charge >= 0.3 is 12.1 Å². The highest BCUT2D eigenvalue weighted by Crippen LogP contribution is 2.42. The summed E-state index contributed by atoms with van der Waals surface area (Å²) < 4.78 is 42.8. The Morgan fingerprint density at radius 1 is 1.21 bits per heavy atom. The summed E-state index contributed by atoms with van der Waals surface area (Å²) in [6.45, 7) is 3.35. The maximum absolute atomic E-state index is 13.8. The number of amides is 1. The lowest BCUT2D eigenvalue weighted by molar-refractivity contribution is -0.148. The van der Waals surface area contributed by atoms with Gasteiger partial charge in [0.1, 0.15) is 5.54 Å². The molecule has 1 atom stereocenters. The first-order valence-corrected chi connectivity index (χ1v) is 12.7. The molecule has 4 rings (SSSR count). The molecule has 1 saturated carbocycles. The molecule has 2 aliphatic carbocycles. The summed E-state index contributed by atoms with van der Waals surface area (Å²) in [6.07, 6.45) is -1.37. The lowest BCUT2D eigenvalue weighted by Crippen LogP contribution is -2.58. The van der Waals surface area contributed by atoms with Crippen LogP contribution < -0.4 is 16.8 Å². The number of benzene rings is 1. The number of alkyl halides is 3. The van der Waals surface area contributed by atoms with E-state index in [-0.39, 0.29) is 29.0 Å². The first-order chi connectivity index (χ1) is 17.7. The second kappa shape index (κ2) is 9.88. The summed E-state index contributed by atoms with van der Waals surface area (Å²) in [5.41, 5.74) is 10.4. The van der Waals surface area contributed by atoms with Crippen molar-refractivity contribution in [2.75, 3.05) is 11.9 Å². The van der Waals surface area contributed by atoms with E-state index in [0.717, 1.165) is 0 Å². The molecule has 0 unspecified atom stereocenters. The molecular weight excluding hydrogens is 503 g/mol. The van der Waals surface area contributed by atoms with Gasteiger partial charge in [-0.05, 0) is 74.5 Å². The van der Waals surface area contributed by atoms with Gasteiger partial charge in [-0.3, -0.25) is 9.59 Å². The highest BCUT2D eigenvalue weighted by atomic mass is 19.4. The molecule has 208 valence electrons. The first kappa shape index (κ1) is 27.9. The molecule has 1 heterocycles. The first-order valence-electron chi connectivity index (χ1n) is 12.7. The van der Waals surface area contributed by atoms with E-state index in [9.17, 15) is 33.0 Å². The summed E-state index contributed by atoms with van der Waals surface area (Å²) >= 11 is 0. The van der Waals surface area contributed by atoms with Crippen molar-refractivity contribution in [2.24, 2.45) is 22.8 Å². The van der Waals surface area contributed by atoms with E-state index in [1.54, 1.807) is 6.07 Å². The molecule has 0 aliphatic heterocycles. The van der Waals surface area contributed by atoms with E-state index >= 15 is 0 Å². The molecule has 1 fully saturated rings. The zero-order chi connectivity index (χ0) is 28.0. The van der Waals surface area contributed by atoms with Gasteiger partial charge in [0.2, 0.25) is 0 Å². The van der Waals surface area contributed by atoms with Crippen LogP contribution in [0.2, 0.25) is 0 Å². The number of aromatic nitrogens is 2. The van der Waals surface area contributed by atoms with Crippen molar-refractivity contribution in [2.45, 2.75) is 76.6 Å². The number of carboxylic acid groups (broad SMARTS) is 1. The van der Waals surface area contributed by atoms with Crippen LogP contribution in [0.15, 0.2) is 18.2 Å². The Balaban J connectivity index is 1.65. The Kier molecular flexibility index (Phi) is 7.26. The molecule has 38 heavy (non-hydrogen) atoms. The Morgan fingerprint density at radius 3 is 2.42 bits per heavy atom. The van der Waals surface area contributed by atoms with Crippen molar-refractivity contribution < 1.29 is 33.0 Å². The predicted molar refractivity (Wildman–Crippen MR) is 134 cm³/mol. The molecular formula is C26H34F3N5O4. The fourth-order valence-corrected chi connectivity index (χ4v) is 5.72. The molecule has 0 bridgehead atoms. The lowest BCUT2D eigenvalue weighted by atomic mass is 9.74. The average molecular weight is 538 g/mol. The van der Waals surface area contributed by atoms with E-state index in [0.29, 0.717) is 55.6 Å². The highest BCUT2D eigenvalue weighted by Gasteiger charge is 2.44. The molecule has 0 spiro atoms. The number of hydrogen-bond acceptors (Lipinski definition) is 6. The minimum atomic E-state index is -4.59. The number of primary amides is 1. The third-order valence-corrected chi connectivity index (χ3v) is 8.04. The summed E-state index contributed by atoms with van der Waals surface area (Å²) in [7, 11) is 0. The van der Waals surface area contributed by atoms with Crippen LogP contribution in [0.5, 0.6) is 0 Å². The maximum atomic E-state index is 13.8. The molecule has 9 nitrogen and oxygen atoms in total. The fourth-order valence-electron chi connectivity index (χ4n) is 5.72. The summed E-state index contributed by atoms with van der Waals surface area (Å²) in [5, 5.41) is 26.3. The van der Waals surface area contributed by atoms with Crippen LogP contribution in [0, 0.1) is 11.3 Å². The van der Waals surface area contributed by atoms with Crippen LogP contribution in [0.4, 0.5) is 18.9 Å². The quantitative estimate of drug-likeness (QED) is 0.363. The average Bonchev–Trinajstić information content (AvgIpc) is 3.21. The summed E-state index contributed by atoms with van der Waals surface area (Å²) in [5.74, 6) is -2.38. The number of aliphatic hydroxyl groups excluding tert-OH is 1. The minimum Gasteiger partial charge on any atom is -0.480 e. The predicted octanol–water partition coefficient (Wildman–Crippen LogP) is 3.25. The molecule has 1 amide bonds. The number of aliphatic carboxylic acids is 1. The molecule has 12 heteroatoms. The maximum Gasteiger partial charge on any atom is 0.435 e. The van der Waals surface area contributed by atoms with E-state index < -0.39 is 41.8 Å². The summed E-state index contributed by atoms with van der Waals surface area (Å²) in [6, 6.07) is 4.43. The number of nitrogens with zero attached hydrogens (tertiary/aromatic N) is 2. The molecule has 1 aromatic carbocycles. The number of anilines is 1. The molecule has 1 aromatic heterocycles. The standard InChI is InChI=1S/C26H34F3N5O4/c1-24(2)10-9-18-20(12-24)34(33-21(18)26(27,28)29)16-7-8-17(22(30)36)19(11-16)32-15-5-3-14(4-6-15)25(31,13-35)23(37)38/h7-8,11,14-15,32,35H,3-6,9-10,12-13,31H2,1-2H3,(H2,30,36)(H,37,38)/t14?,15?,25-/m1/s1. The second-order valence-electron chi connectivity index (χ2n) is 11.3. The number of rotatable bonds is 7. The van der Waals surface area contributed by atoms with Gasteiger partial charge in [-0.25, -0.2) is 4.68 Å². The van der Waals surface area contributed by atoms with E-state index in [4.69, 9.17) is 11.5 Å². The van der Waals surface area contributed by atoms with Gasteiger partial charge in [0, 0.05) is 23.0 Å². The van der Waals surface area contributed by atoms with Crippen LogP contribution in [0.25, 0.3) is 5.69 Å². The number of carbonyl (C=O) groups is 2. The number of halogens is 3. The van der Waals surface area contributed by atoms with Crippen molar-refractivity contribution in [3.05, 3.63) is 40.7 Å². The monoisotopic (exact) mass is 537 g/mol. The number of carboxylic acids is 1. The zero-order valence-corrected chi connectivity index (χ0v) is 21.4. The molecule has 0 radical (unpaired) electrons. The van der Waals surface area contributed by atoms with Gasteiger partial charge < -0.3 is 27.0 Å². The van der Waals surface area contributed by atoms with Crippen molar-refractivity contribution >= 4 is 17.6 Å². The number of aliphatic hydroxyl groups is 1. The van der Waals surface area contributed by atoms with Gasteiger partial charge in [0.05, 0.1) is 17.9 Å². The van der Waals surface area contributed by atoms with Crippen LogP contribution >= 0.6 is 0 Å². The smallest absolute Gasteiger partial charge is 0.435 e. The fraction of sp³-hybridized carbons (Fsp3) is 0.577. The van der Waals surface area contributed by atoms with Crippen molar-refractivity contribution in [3.8, 4) is 5.69 Å². The largest absolute Gasteiger partial charge is 0.480 e. The number of nitrogens with one attached hydrogen (secondary N) is 1. The van der Waals surface area contributed by atoms with Gasteiger partial charge in [-0.1, -0.05) is 13.8 Å². The van der Waals surface area contributed by atoms with E-state index in [1.165, 1.54) is 16.8 Å². The topological polar surface area (TPSA) is 156 Å². The molecule has 7 N–H and O–H groups in total. The Bertz CT molecular complexity index is 1230. The van der Waals surface area contributed by atoms with Gasteiger partial charge in [-0.15, -0.1) is 0 Å². The van der Waals surface area contributed by atoms with Crippen molar-refractivity contribution in [3.63, 3.8) is 0 Å². The molecule has 0 saturated heterocycles. The lowest BCUT2D eigenvalue weighted by Gasteiger charge is -2.38. The van der Waals surface area contributed by atoms with Gasteiger partial charge in [0.25, 0.3) is 5.91 Å². The SMILES string of the molecule is CC1(C)CCc2c(C(F)(F)F)nn(-c3ccc(C(N)=O)c(NC4CCC([C@](N)(CO)C(=O)O)CC4)c3)c2C1. The molecule has 2 aromatic rings. The van der Waals surface area contributed by atoms with E-state index in [2.05, 4.69) is 10.4 Å². The second-order valence-corrected chi connectivity index (χ2v) is 11.3. The van der Waals surface area contributed by atoms with Crippen LogP contribution in [0.1, 0.15) is 73.3 Å². The van der Waals surface area contributed by atoms with Gasteiger partial charge in [-0.2, -0.15) is 18.3 Å². The Labute approximate surface area is 218 Å². The number of carbonyl (C=O) groups excluding carboxylic acids is 1. The van der Waals surface area contributed by atoms with Crippen LogP contribution in [-0.2, 0) is 23.8 Å². The Morgan fingerprint density at radius 2 is 1.87 bits per heavy atom. The van der Waals surface area contributed by atoms with E-state index in [1.807, 2.05) is 13.8 Å². The van der Waals surface area contributed by atoms with Crippen LogP contribution in [-0.4, -0.2) is 50.1 Å².